The number of nitrogens with zero attached hydrogens (tertiary/aromatic N) is 2. The molecule has 1 atom stereocenters. The highest BCUT2D eigenvalue weighted by atomic mass is 32.2. The molecule has 7 nitrogen and oxygen atoms in total. The zero-order valence-electron chi connectivity index (χ0n) is 21.0. The van der Waals surface area contributed by atoms with Gasteiger partial charge in [0.25, 0.3) is 0 Å². The molecule has 34 heavy (non-hydrogen) atoms. The molecule has 0 fully saturated rings. The van der Waals surface area contributed by atoms with Crippen molar-refractivity contribution in [1.82, 2.24) is 10.2 Å². The van der Waals surface area contributed by atoms with Crippen LogP contribution in [0.5, 0.6) is 0 Å². The summed E-state index contributed by atoms with van der Waals surface area (Å²) >= 11 is 0. The lowest BCUT2D eigenvalue weighted by molar-refractivity contribution is -0.141. The van der Waals surface area contributed by atoms with E-state index in [-0.39, 0.29) is 24.8 Å². The van der Waals surface area contributed by atoms with E-state index in [9.17, 15) is 18.0 Å². The van der Waals surface area contributed by atoms with Crippen molar-refractivity contribution in [3.8, 4) is 0 Å². The zero-order chi connectivity index (χ0) is 25.5. The maximum atomic E-state index is 13.3. The van der Waals surface area contributed by atoms with Gasteiger partial charge in [0.05, 0.1) is 11.9 Å². The number of aryl methyl sites for hydroxylation is 1. The quantitative estimate of drug-likeness (QED) is 0.551. The molecule has 0 spiro atoms. The number of nitrogens with one attached hydrogen (secondary N) is 1. The lowest BCUT2D eigenvalue weighted by atomic mass is 10.1. The molecular weight excluding hydrogens is 450 g/mol. The molecule has 0 aliphatic carbocycles. The predicted octanol–water partition coefficient (Wildman–Crippen LogP) is 3.87. The lowest BCUT2D eigenvalue weighted by Crippen LogP contribution is -2.52. The number of amides is 2. The summed E-state index contributed by atoms with van der Waals surface area (Å²) in [7, 11) is -3.49. The molecule has 0 heterocycles. The van der Waals surface area contributed by atoms with E-state index in [4.69, 9.17) is 0 Å². The molecule has 0 radical (unpaired) electrons. The molecule has 2 aromatic rings. The minimum absolute atomic E-state index is 0.123. The largest absolute Gasteiger partial charge is 0.350 e. The van der Waals surface area contributed by atoms with E-state index in [1.165, 1.54) is 4.31 Å². The third-order valence-corrected chi connectivity index (χ3v) is 6.53. The molecule has 0 aliphatic rings. The van der Waals surface area contributed by atoms with Gasteiger partial charge in [-0.3, -0.25) is 13.9 Å². The van der Waals surface area contributed by atoms with Gasteiger partial charge in [0.15, 0.2) is 0 Å². The molecule has 2 rings (SSSR count). The van der Waals surface area contributed by atoms with Gasteiger partial charge in [-0.1, -0.05) is 48.0 Å². The number of carbonyl (C=O) groups excluding carboxylic acids is 2. The Morgan fingerprint density at radius 1 is 1.00 bits per heavy atom. The first-order chi connectivity index (χ1) is 15.8. The van der Waals surface area contributed by atoms with Gasteiger partial charge in [0.1, 0.15) is 6.04 Å². The Balaban J connectivity index is 2.16. The molecule has 2 aromatic carbocycles. The summed E-state index contributed by atoms with van der Waals surface area (Å²) < 4.78 is 25.9. The van der Waals surface area contributed by atoms with E-state index in [1.807, 2.05) is 58.0 Å². The zero-order valence-corrected chi connectivity index (χ0v) is 21.9. The first-order valence-corrected chi connectivity index (χ1v) is 13.3. The molecule has 2 amide bonds. The molecule has 1 N–H and O–H groups in total. The van der Waals surface area contributed by atoms with Gasteiger partial charge in [-0.2, -0.15) is 0 Å². The van der Waals surface area contributed by atoms with E-state index < -0.39 is 21.6 Å². The van der Waals surface area contributed by atoms with Crippen molar-refractivity contribution in [2.75, 3.05) is 17.1 Å². The van der Waals surface area contributed by atoms with Crippen molar-refractivity contribution < 1.29 is 18.0 Å². The van der Waals surface area contributed by atoms with Crippen LogP contribution >= 0.6 is 0 Å². The second-order valence-electron chi connectivity index (χ2n) is 9.70. The standard InChI is InChI=1S/C26H37N3O4S/c1-20-14-16-22(17-15-20)19-28(21(2)25(31)27-26(3,4)5)24(30)13-10-18-29(34(6,32)33)23-11-8-7-9-12-23/h7-9,11-12,14-17,21H,10,13,18-19H2,1-6H3,(H,27,31)/t21-/m1/s1. The Bertz CT molecular complexity index is 1060. The number of benzene rings is 2. The third-order valence-electron chi connectivity index (χ3n) is 5.34. The molecule has 0 saturated heterocycles. The topological polar surface area (TPSA) is 86.8 Å². The van der Waals surface area contributed by atoms with E-state index in [0.717, 1.165) is 17.4 Å². The van der Waals surface area contributed by atoms with Gasteiger partial charge in [0, 0.05) is 25.0 Å². The number of sulfonamides is 1. The average molecular weight is 488 g/mol. The van der Waals surface area contributed by atoms with E-state index in [0.29, 0.717) is 18.7 Å². The van der Waals surface area contributed by atoms with Crippen LogP contribution in [0.2, 0.25) is 0 Å². The summed E-state index contributed by atoms with van der Waals surface area (Å²) in [5.41, 5.74) is 2.18. The van der Waals surface area contributed by atoms with Crippen molar-refractivity contribution in [3.05, 3.63) is 65.7 Å². The maximum Gasteiger partial charge on any atom is 0.242 e. The Hall–Kier alpha value is -2.87. The summed E-state index contributed by atoms with van der Waals surface area (Å²) in [5, 5.41) is 2.94. The smallest absolute Gasteiger partial charge is 0.242 e. The van der Waals surface area contributed by atoms with Gasteiger partial charge >= 0.3 is 0 Å². The summed E-state index contributed by atoms with van der Waals surface area (Å²) in [6.45, 7) is 9.88. The van der Waals surface area contributed by atoms with Crippen LogP contribution in [0.4, 0.5) is 5.69 Å². The van der Waals surface area contributed by atoms with Gasteiger partial charge in [-0.15, -0.1) is 0 Å². The highest BCUT2D eigenvalue weighted by Crippen LogP contribution is 2.19. The van der Waals surface area contributed by atoms with E-state index >= 15 is 0 Å². The minimum Gasteiger partial charge on any atom is -0.350 e. The average Bonchev–Trinajstić information content (AvgIpc) is 2.74. The van der Waals surface area contributed by atoms with Crippen molar-refractivity contribution >= 4 is 27.5 Å². The monoisotopic (exact) mass is 487 g/mol. The Labute approximate surface area is 204 Å². The predicted molar refractivity (Wildman–Crippen MR) is 137 cm³/mol. The molecule has 0 unspecified atom stereocenters. The van der Waals surface area contributed by atoms with Crippen LogP contribution in [0.3, 0.4) is 0 Å². The van der Waals surface area contributed by atoms with Gasteiger partial charge in [-0.25, -0.2) is 8.42 Å². The fraction of sp³-hybridized carbons (Fsp3) is 0.462. The Kier molecular flexibility index (Phi) is 9.27. The minimum atomic E-state index is -3.49. The normalized spacial score (nSPS) is 12.6. The van der Waals surface area contributed by atoms with Crippen LogP contribution in [0.1, 0.15) is 51.7 Å². The number of anilines is 1. The fourth-order valence-corrected chi connectivity index (χ4v) is 4.51. The lowest BCUT2D eigenvalue weighted by Gasteiger charge is -2.32. The Morgan fingerprint density at radius 2 is 1.59 bits per heavy atom. The Morgan fingerprint density at radius 3 is 2.12 bits per heavy atom. The van der Waals surface area contributed by atoms with Crippen molar-refractivity contribution in [2.24, 2.45) is 0 Å². The molecule has 186 valence electrons. The van der Waals surface area contributed by atoms with Gasteiger partial charge in [-0.05, 0) is 58.7 Å². The molecule has 0 aromatic heterocycles. The number of hydrogen-bond acceptors (Lipinski definition) is 4. The molecule has 8 heteroatoms. The van der Waals surface area contributed by atoms with E-state index in [1.54, 1.807) is 36.1 Å². The second kappa shape index (κ2) is 11.5. The number of rotatable bonds is 10. The highest BCUT2D eigenvalue weighted by Gasteiger charge is 2.28. The van der Waals surface area contributed by atoms with Gasteiger partial charge in [0.2, 0.25) is 21.8 Å². The highest BCUT2D eigenvalue weighted by molar-refractivity contribution is 7.92. The van der Waals surface area contributed by atoms with E-state index in [2.05, 4.69) is 5.32 Å². The van der Waals surface area contributed by atoms with Crippen LogP contribution in [0, 0.1) is 6.92 Å². The summed E-state index contributed by atoms with van der Waals surface area (Å²) in [6.07, 6.45) is 1.61. The van der Waals surface area contributed by atoms with Crippen LogP contribution in [0.25, 0.3) is 0 Å². The summed E-state index contributed by atoms with van der Waals surface area (Å²) in [6, 6.07) is 16.0. The third kappa shape index (κ3) is 8.48. The fourth-order valence-electron chi connectivity index (χ4n) is 3.55. The number of carbonyl (C=O) groups is 2. The summed E-state index contributed by atoms with van der Waals surface area (Å²) in [4.78, 5) is 27.7. The molecule has 0 bridgehead atoms. The number of para-hydroxylation sites is 1. The van der Waals surface area contributed by atoms with Crippen molar-refractivity contribution in [2.45, 2.75) is 65.6 Å². The number of hydrogen-bond donors (Lipinski definition) is 1. The van der Waals surface area contributed by atoms with Crippen LogP contribution < -0.4 is 9.62 Å². The summed E-state index contributed by atoms with van der Waals surface area (Å²) in [5.74, 6) is -0.423. The van der Waals surface area contributed by atoms with Crippen LogP contribution in [0.15, 0.2) is 54.6 Å². The van der Waals surface area contributed by atoms with Crippen molar-refractivity contribution in [3.63, 3.8) is 0 Å². The van der Waals surface area contributed by atoms with Gasteiger partial charge < -0.3 is 10.2 Å². The molecule has 0 aliphatic heterocycles. The maximum absolute atomic E-state index is 13.3. The van der Waals surface area contributed by atoms with Crippen LogP contribution in [-0.4, -0.2) is 49.5 Å². The SMILES string of the molecule is Cc1ccc(CN(C(=O)CCCN(c2ccccc2)S(C)(=O)=O)[C@H](C)C(=O)NC(C)(C)C)cc1. The second-order valence-corrected chi connectivity index (χ2v) is 11.6. The first kappa shape index (κ1) is 27.4. The molecular formula is C26H37N3O4S. The van der Waals surface area contributed by atoms with Crippen LogP contribution in [-0.2, 0) is 26.2 Å². The van der Waals surface area contributed by atoms with Crippen molar-refractivity contribution in [1.29, 1.82) is 0 Å². The first-order valence-electron chi connectivity index (χ1n) is 11.5. The molecule has 0 saturated carbocycles.